The van der Waals surface area contributed by atoms with Crippen molar-refractivity contribution in [2.24, 2.45) is 0 Å². The summed E-state index contributed by atoms with van der Waals surface area (Å²) in [7, 11) is -3.66. The number of rotatable bonds is 6. The smallest absolute Gasteiger partial charge is 0.240 e. The number of carbonyl (C=O) groups excluding carboxylic acids is 1. The van der Waals surface area contributed by atoms with E-state index in [0.29, 0.717) is 5.82 Å². The maximum atomic E-state index is 13.3. The molecule has 3 aromatic carbocycles. The first-order valence-corrected chi connectivity index (χ1v) is 13.1. The number of aromatic amines is 2. The molecule has 5 aromatic rings. The number of amides is 1. The van der Waals surface area contributed by atoms with Gasteiger partial charge in [0.1, 0.15) is 5.69 Å². The van der Waals surface area contributed by atoms with Crippen molar-refractivity contribution in [3.63, 3.8) is 0 Å². The van der Waals surface area contributed by atoms with Gasteiger partial charge in [0.25, 0.3) is 0 Å². The standard InChI is InChI=1S/C26H24N6O3S/c1-26(2)18-14-20-21(29-24(28-20)23-17-10-6-7-11-19(17)30-31-23)15-22(18)32(25(26)33)13-12-27-36(34,35)16-8-4-3-5-9-16/h3-11,14-15,27H,12-13H2,1-2H3,(H,28,29)(H,30,31). The van der Waals surface area contributed by atoms with Crippen molar-refractivity contribution in [3.8, 4) is 11.5 Å². The first-order chi connectivity index (χ1) is 17.3. The Labute approximate surface area is 207 Å². The molecule has 2 aromatic heterocycles. The van der Waals surface area contributed by atoms with Crippen LogP contribution in [0.15, 0.2) is 71.6 Å². The Bertz CT molecular complexity index is 1740. The molecule has 0 fully saturated rings. The van der Waals surface area contributed by atoms with Crippen molar-refractivity contribution in [2.45, 2.75) is 24.2 Å². The first-order valence-electron chi connectivity index (χ1n) is 11.6. The largest absolute Gasteiger partial charge is 0.337 e. The van der Waals surface area contributed by atoms with E-state index in [1.165, 1.54) is 12.1 Å². The summed E-state index contributed by atoms with van der Waals surface area (Å²) in [5, 5.41) is 8.43. The molecule has 0 radical (unpaired) electrons. The van der Waals surface area contributed by atoms with Gasteiger partial charge >= 0.3 is 0 Å². The van der Waals surface area contributed by atoms with Crippen molar-refractivity contribution in [2.75, 3.05) is 18.0 Å². The predicted octanol–water partition coefficient (Wildman–Crippen LogP) is 3.71. The van der Waals surface area contributed by atoms with E-state index >= 15 is 0 Å². The molecular formula is C26H24N6O3S. The molecule has 10 heteroatoms. The number of hydrogen-bond donors (Lipinski definition) is 3. The van der Waals surface area contributed by atoms with Gasteiger partial charge in [-0.2, -0.15) is 5.10 Å². The molecule has 3 heterocycles. The highest BCUT2D eigenvalue weighted by Crippen LogP contribution is 2.43. The van der Waals surface area contributed by atoms with Gasteiger partial charge in [0.2, 0.25) is 15.9 Å². The third kappa shape index (κ3) is 3.49. The van der Waals surface area contributed by atoms with Gasteiger partial charge in [-0.25, -0.2) is 18.1 Å². The lowest BCUT2D eigenvalue weighted by atomic mass is 9.86. The van der Waals surface area contributed by atoms with Gasteiger partial charge in [0.05, 0.1) is 32.5 Å². The number of imidazole rings is 1. The number of aromatic nitrogens is 4. The van der Waals surface area contributed by atoms with Crippen molar-refractivity contribution >= 4 is 43.6 Å². The summed E-state index contributed by atoms with van der Waals surface area (Å²) in [6, 6.07) is 19.9. The van der Waals surface area contributed by atoms with E-state index in [0.717, 1.165) is 38.9 Å². The van der Waals surface area contributed by atoms with Crippen LogP contribution in [0.1, 0.15) is 19.4 Å². The number of anilines is 1. The van der Waals surface area contributed by atoms with Gasteiger partial charge in [-0.1, -0.05) is 36.4 Å². The Balaban J connectivity index is 1.32. The lowest BCUT2D eigenvalue weighted by molar-refractivity contribution is -0.122. The number of H-pyrrole nitrogens is 2. The zero-order chi connectivity index (χ0) is 25.1. The average Bonchev–Trinajstić information content (AvgIpc) is 3.53. The average molecular weight is 501 g/mol. The van der Waals surface area contributed by atoms with Gasteiger partial charge < -0.3 is 9.88 Å². The molecule has 0 bridgehead atoms. The molecule has 0 saturated carbocycles. The molecule has 182 valence electrons. The predicted molar refractivity (Wildman–Crippen MR) is 138 cm³/mol. The summed E-state index contributed by atoms with van der Waals surface area (Å²) in [5.74, 6) is 0.556. The summed E-state index contributed by atoms with van der Waals surface area (Å²) in [4.78, 5) is 23.3. The number of nitrogens with zero attached hydrogens (tertiary/aromatic N) is 3. The van der Waals surface area contributed by atoms with Crippen LogP contribution in [0.4, 0.5) is 5.69 Å². The lowest BCUT2D eigenvalue weighted by Gasteiger charge is -2.20. The molecule has 3 N–H and O–H groups in total. The second kappa shape index (κ2) is 8.00. The van der Waals surface area contributed by atoms with E-state index in [2.05, 4.69) is 19.9 Å². The molecule has 0 spiro atoms. The second-order valence-electron chi connectivity index (χ2n) is 9.38. The molecule has 36 heavy (non-hydrogen) atoms. The highest BCUT2D eigenvalue weighted by atomic mass is 32.2. The lowest BCUT2D eigenvalue weighted by Crippen LogP contribution is -2.41. The normalized spacial score (nSPS) is 15.2. The molecule has 0 atom stereocenters. The topological polar surface area (TPSA) is 124 Å². The van der Waals surface area contributed by atoms with E-state index < -0.39 is 15.4 Å². The van der Waals surface area contributed by atoms with E-state index in [9.17, 15) is 13.2 Å². The van der Waals surface area contributed by atoms with E-state index in [-0.39, 0.29) is 23.9 Å². The summed E-state index contributed by atoms with van der Waals surface area (Å²) in [6.07, 6.45) is 0. The van der Waals surface area contributed by atoms with Crippen LogP contribution in [-0.4, -0.2) is 47.6 Å². The summed E-state index contributed by atoms with van der Waals surface area (Å²) in [5.41, 5.74) is 4.00. The number of sulfonamides is 1. The van der Waals surface area contributed by atoms with Gasteiger partial charge in [-0.3, -0.25) is 9.89 Å². The number of carbonyl (C=O) groups is 1. The minimum absolute atomic E-state index is 0.0809. The molecule has 1 aliphatic heterocycles. The first kappa shape index (κ1) is 22.4. The summed E-state index contributed by atoms with van der Waals surface area (Å²) < 4.78 is 27.8. The summed E-state index contributed by atoms with van der Waals surface area (Å²) >= 11 is 0. The van der Waals surface area contributed by atoms with Gasteiger partial charge in [-0.15, -0.1) is 0 Å². The molecule has 0 saturated heterocycles. The fraction of sp³-hybridized carbons (Fsp3) is 0.192. The quantitative estimate of drug-likeness (QED) is 0.328. The van der Waals surface area contributed by atoms with Crippen LogP contribution in [-0.2, 0) is 20.2 Å². The van der Waals surface area contributed by atoms with Crippen LogP contribution in [0.3, 0.4) is 0 Å². The maximum Gasteiger partial charge on any atom is 0.240 e. The van der Waals surface area contributed by atoms with Crippen molar-refractivity contribution in [1.82, 2.24) is 24.9 Å². The Kier molecular flexibility index (Phi) is 4.99. The zero-order valence-electron chi connectivity index (χ0n) is 19.7. The van der Waals surface area contributed by atoms with Crippen LogP contribution in [0.2, 0.25) is 0 Å². The number of benzene rings is 3. The highest BCUT2D eigenvalue weighted by molar-refractivity contribution is 7.89. The van der Waals surface area contributed by atoms with Crippen LogP contribution < -0.4 is 9.62 Å². The third-order valence-corrected chi connectivity index (χ3v) is 8.20. The monoisotopic (exact) mass is 500 g/mol. The molecule has 9 nitrogen and oxygen atoms in total. The number of para-hydroxylation sites is 1. The maximum absolute atomic E-state index is 13.3. The minimum Gasteiger partial charge on any atom is -0.337 e. The number of nitrogens with one attached hydrogen (secondary N) is 3. The molecule has 1 aliphatic rings. The Morgan fingerprint density at radius 2 is 1.75 bits per heavy atom. The Morgan fingerprint density at radius 1 is 1.00 bits per heavy atom. The Hall–Kier alpha value is -4.02. The molecule has 6 rings (SSSR count). The van der Waals surface area contributed by atoms with Crippen LogP contribution >= 0.6 is 0 Å². The SMILES string of the molecule is CC1(C)C(=O)N(CCNS(=O)(=O)c2ccccc2)c2cc3[nH]c(-c4n[nH]c5ccccc45)nc3cc21. The fourth-order valence-corrected chi connectivity index (χ4v) is 5.83. The number of fused-ring (bicyclic) bond motifs is 3. The van der Waals surface area contributed by atoms with E-state index in [1.54, 1.807) is 23.1 Å². The number of hydrogen-bond acceptors (Lipinski definition) is 5. The van der Waals surface area contributed by atoms with Gasteiger partial charge in [0.15, 0.2) is 5.82 Å². The highest BCUT2D eigenvalue weighted by Gasteiger charge is 2.44. The second-order valence-corrected chi connectivity index (χ2v) is 11.1. The summed E-state index contributed by atoms with van der Waals surface area (Å²) in [6.45, 7) is 4.05. The van der Waals surface area contributed by atoms with Crippen LogP contribution in [0, 0.1) is 0 Å². The molecule has 0 aliphatic carbocycles. The van der Waals surface area contributed by atoms with Crippen molar-refractivity contribution in [1.29, 1.82) is 0 Å². The zero-order valence-corrected chi connectivity index (χ0v) is 20.6. The minimum atomic E-state index is -3.66. The van der Waals surface area contributed by atoms with Gasteiger partial charge in [0, 0.05) is 18.5 Å². The molecular weight excluding hydrogens is 476 g/mol. The molecule has 1 amide bonds. The molecule has 0 unspecified atom stereocenters. The van der Waals surface area contributed by atoms with Crippen LogP contribution in [0.5, 0.6) is 0 Å². The van der Waals surface area contributed by atoms with Crippen molar-refractivity contribution < 1.29 is 13.2 Å². The van der Waals surface area contributed by atoms with Gasteiger partial charge in [-0.05, 0) is 49.7 Å². The Morgan fingerprint density at radius 3 is 2.56 bits per heavy atom. The van der Waals surface area contributed by atoms with Crippen LogP contribution in [0.25, 0.3) is 33.5 Å². The van der Waals surface area contributed by atoms with E-state index in [4.69, 9.17) is 4.98 Å². The van der Waals surface area contributed by atoms with E-state index in [1.807, 2.05) is 50.2 Å². The van der Waals surface area contributed by atoms with Crippen molar-refractivity contribution in [3.05, 3.63) is 72.3 Å². The third-order valence-electron chi connectivity index (χ3n) is 6.72. The fourth-order valence-electron chi connectivity index (χ4n) is 4.78.